The van der Waals surface area contributed by atoms with E-state index in [0.29, 0.717) is 0 Å². The molecule has 72 valence electrons. The molecule has 0 aromatic carbocycles. The van der Waals surface area contributed by atoms with Crippen molar-refractivity contribution in [1.82, 2.24) is 5.32 Å². The number of hydrogen-bond donors (Lipinski definition) is 4. The molecule has 0 aromatic heterocycles. The van der Waals surface area contributed by atoms with Crippen molar-refractivity contribution >= 4 is 5.97 Å². The number of aliphatic carboxylic acids is 1. The van der Waals surface area contributed by atoms with Crippen molar-refractivity contribution < 1.29 is 15.0 Å². The molecular formula is C7H16N2O3. The Hall–Kier alpha value is -0.650. The van der Waals surface area contributed by atoms with Crippen LogP contribution in [0.4, 0.5) is 0 Å². The highest BCUT2D eigenvalue weighted by molar-refractivity contribution is 5.72. The highest BCUT2D eigenvalue weighted by Gasteiger charge is 2.14. The minimum atomic E-state index is -0.938. The van der Waals surface area contributed by atoms with E-state index in [0.717, 1.165) is 0 Å². The van der Waals surface area contributed by atoms with Gasteiger partial charge in [-0.1, -0.05) is 0 Å². The van der Waals surface area contributed by atoms with Gasteiger partial charge in [0, 0.05) is 12.6 Å². The van der Waals surface area contributed by atoms with Crippen molar-refractivity contribution in [2.45, 2.75) is 32.0 Å². The zero-order valence-electron chi connectivity index (χ0n) is 7.32. The maximum atomic E-state index is 10.3. The fourth-order valence-electron chi connectivity index (χ4n) is 0.571. The first-order valence-electron chi connectivity index (χ1n) is 3.85. The summed E-state index contributed by atoms with van der Waals surface area (Å²) in [6.07, 6.45) is -0.702. The molecule has 0 bridgehead atoms. The van der Waals surface area contributed by atoms with Crippen LogP contribution in [0.15, 0.2) is 0 Å². The Bertz CT molecular complexity index is 150. The Morgan fingerprint density at radius 3 is 2.42 bits per heavy atom. The number of hydrogen-bond acceptors (Lipinski definition) is 4. The molecule has 12 heavy (non-hydrogen) atoms. The van der Waals surface area contributed by atoms with Gasteiger partial charge in [0.15, 0.2) is 0 Å². The van der Waals surface area contributed by atoms with Gasteiger partial charge < -0.3 is 21.3 Å². The summed E-state index contributed by atoms with van der Waals surface area (Å²) in [7, 11) is 0. The lowest BCUT2D eigenvalue weighted by Gasteiger charge is -2.16. The average Bonchev–Trinajstić information content (AvgIpc) is 1.98. The third-order valence-corrected chi connectivity index (χ3v) is 1.61. The molecule has 0 aromatic rings. The van der Waals surface area contributed by atoms with Crippen molar-refractivity contribution in [3.05, 3.63) is 0 Å². The molecule has 0 aliphatic rings. The molecule has 5 N–H and O–H groups in total. The second-order valence-corrected chi connectivity index (χ2v) is 2.89. The molecule has 0 amide bonds. The van der Waals surface area contributed by atoms with Crippen LogP contribution in [0.2, 0.25) is 0 Å². The van der Waals surface area contributed by atoms with E-state index in [1.807, 2.05) is 0 Å². The van der Waals surface area contributed by atoms with Crippen molar-refractivity contribution in [3.8, 4) is 0 Å². The number of rotatable bonds is 5. The summed E-state index contributed by atoms with van der Waals surface area (Å²) in [4.78, 5) is 10.3. The van der Waals surface area contributed by atoms with Crippen LogP contribution >= 0.6 is 0 Å². The largest absolute Gasteiger partial charge is 0.480 e. The van der Waals surface area contributed by atoms with E-state index in [9.17, 15) is 9.90 Å². The van der Waals surface area contributed by atoms with Gasteiger partial charge in [-0.2, -0.15) is 0 Å². The molecule has 0 rings (SSSR count). The minimum absolute atomic E-state index is 0.200. The number of nitrogens with one attached hydrogen (secondary N) is 1. The van der Waals surface area contributed by atoms with E-state index in [1.54, 1.807) is 6.92 Å². The average molecular weight is 176 g/mol. The van der Waals surface area contributed by atoms with Gasteiger partial charge in [-0.05, 0) is 13.8 Å². The van der Waals surface area contributed by atoms with E-state index in [-0.39, 0.29) is 12.6 Å². The zero-order chi connectivity index (χ0) is 9.72. The number of carboxylic acids is 1. The number of carboxylic acid groups (broad SMARTS) is 1. The number of carbonyl (C=O) groups is 1. The van der Waals surface area contributed by atoms with E-state index >= 15 is 0 Å². The molecular weight excluding hydrogens is 160 g/mol. The van der Waals surface area contributed by atoms with Crippen LogP contribution in [0.25, 0.3) is 0 Å². The summed E-state index contributed by atoms with van der Waals surface area (Å²) in [6.45, 7) is 3.37. The Kier molecular flexibility index (Phi) is 4.80. The molecule has 0 fully saturated rings. The Balaban J connectivity index is 3.61. The highest BCUT2D eigenvalue weighted by atomic mass is 16.4. The van der Waals surface area contributed by atoms with Crippen LogP contribution in [0.1, 0.15) is 13.8 Å². The van der Waals surface area contributed by atoms with Crippen LogP contribution in [0.5, 0.6) is 0 Å². The standard InChI is InChI=1S/C7H16N2O3/c1-4(8)6(10)3-9-5(2)7(11)12/h4-6,9-10H,3,8H2,1-2H3,(H,11,12). The van der Waals surface area contributed by atoms with Gasteiger partial charge in [0.05, 0.1) is 6.10 Å². The molecule has 0 aliphatic carbocycles. The van der Waals surface area contributed by atoms with Gasteiger partial charge in [-0.25, -0.2) is 0 Å². The summed E-state index contributed by atoms with van der Waals surface area (Å²) >= 11 is 0. The predicted molar refractivity (Wildman–Crippen MR) is 44.8 cm³/mol. The normalized spacial score (nSPS) is 18.3. The van der Waals surface area contributed by atoms with Gasteiger partial charge in [0.25, 0.3) is 0 Å². The molecule has 0 heterocycles. The van der Waals surface area contributed by atoms with Crippen LogP contribution in [0.3, 0.4) is 0 Å². The zero-order valence-corrected chi connectivity index (χ0v) is 7.32. The second kappa shape index (κ2) is 5.08. The van der Waals surface area contributed by atoms with Crippen LogP contribution < -0.4 is 11.1 Å². The first-order valence-corrected chi connectivity index (χ1v) is 3.85. The summed E-state index contributed by atoms with van der Waals surface area (Å²) < 4.78 is 0. The number of aliphatic hydroxyl groups excluding tert-OH is 1. The smallest absolute Gasteiger partial charge is 0.320 e. The lowest BCUT2D eigenvalue weighted by Crippen LogP contribution is -2.44. The quantitative estimate of drug-likeness (QED) is 0.420. The van der Waals surface area contributed by atoms with Gasteiger partial charge in [-0.15, -0.1) is 0 Å². The molecule has 0 saturated carbocycles. The predicted octanol–water partition coefficient (Wildman–Crippen LogP) is -1.24. The molecule has 3 atom stereocenters. The van der Waals surface area contributed by atoms with Gasteiger partial charge in [0.2, 0.25) is 0 Å². The maximum absolute atomic E-state index is 10.3. The van der Waals surface area contributed by atoms with Crippen LogP contribution in [-0.4, -0.2) is 40.9 Å². The second-order valence-electron chi connectivity index (χ2n) is 2.89. The van der Waals surface area contributed by atoms with Crippen LogP contribution in [-0.2, 0) is 4.79 Å². The molecule has 5 heteroatoms. The Morgan fingerprint density at radius 2 is 2.08 bits per heavy atom. The van der Waals surface area contributed by atoms with E-state index in [2.05, 4.69) is 5.32 Å². The van der Waals surface area contributed by atoms with Crippen molar-refractivity contribution in [3.63, 3.8) is 0 Å². The summed E-state index contributed by atoms with van der Waals surface area (Å²) in [5.74, 6) is -0.938. The summed E-state index contributed by atoms with van der Waals surface area (Å²) in [5, 5.41) is 20.3. The molecule has 0 radical (unpaired) electrons. The fraction of sp³-hybridized carbons (Fsp3) is 0.857. The van der Waals surface area contributed by atoms with Gasteiger partial charge in [-0.3, -0.25) is 4.79 Å². The first kappa shape index (κ1) is 11.4. The minimum Gasteiger partial charge on any atom is -0.480 e. The highest BCUT2D eigenvalue weighted by Crippen LogP contribution is 1.88. The Labute approximate surface area is 71.6 Å². The number of nitrogens with two attached hydrogens (primary N) is 1. The lowest BCUT2D eigenvalue weighted by atomic mass is 10.2. The SMILES string of the molecule is CC(NCC(O)C(C)N)C(=O)O. The third-order valence-electron chi connectivity index (χ3n) is 1.61. The molecule has 5 nitrogen and oxygen atoms in total. The molecule has 3 unspecified atom stereocenters. The van der Waals surface area contributed by atoms with E-state index < -0.39 is 18.1 Å². The fourth-order valence-corrected chi connectivity index (χ4v) is 0.571. The first-order chi connectivity index (χ1) is 5.45. The van der Waals surface area contributed by atoms with Crippen LogP contribution in [0, 0.1) is 0 Å². The topological polar surface area (TPSA) is 95.6 Å². The maximum Gasteiger partial charge on any atom is 0.320 e. The van der Waals surface area contributed by atoms with E-state index in [4.69, 9.17) is 10.8 Å². The monoisotopic (exact) mass is 176 g/mol. The molecule has 0 aliphatic heterocycles. The van der Waals surface area contributed by atoms with Crippen molar-refractivity contribution in [1.29, 1.82) is 0 Å². The van der Waals surface area contributed by atoms with Crippen molar-refractivity contribution in [2.75, 3.05) is 6.54 Å². The van der Waals surface area contributed by atoms with Gasteiger partial charge in [0.1, 0.15) is 6.04 Å². The van der Waals surface area contributed by atoms with E-state index in [1.165, 1.54) is 6.92 Å². The summed E-state index contributed by atoms with van der Waals surface area (Å²) in [6, 6.07) is -1.00. The molecule has 0 spiro atoms. The third kappa shape index (κ3) is 4.27. The summed E-state index contributed by atoms with van der Waals surface area (Å²) in [5.41, 5.74) is 5.36. The molecule has 0 saturated heterocycles. The number of aliphatic hydroxyl groups is 1. The van der Waals surface area contributed by atoms with Crippen molar-refractivity contribution in [2.24, 2.45) is 5.73 Å². The lowest BCUT2D eigenvalue weighted by molar-refractivity contribution is -0.139. The Morgan fingerprint density at radius 1 is 1.58 bits per heavy atom. The van der Waals surface area contributed by atoms with Gasteiger partial charge >= 0.3 is 5.97 Å².